The minimum Gasteiger partial charge on any atom is -0.367 e. The number of nitrogens with one attached hydrogen (secondary N) is 1. The number of anilines is 1. The molecule has 0 aliphatic rings. The van der Waals surface area contributed by atoms with E-state index in [1.54, 1.807) is 0 Å². The maximum absolute atomic E-state index is 4.42. The molecule has 1 atom stereocenters. The van der Waals surface area contributed by atoms with Crippen molar-refractivity contribution in [1.29, 1.82) is 0 Å². The SMILES string of the molecule is CC(Nc1snc2ccccc12)c1ccccn1. The van der Waals surface area contributed by atoms with Gasteiger partial charge in [-0.1, -0.05) is 18.2 Å². The molecule has 1 unspecified atom stereocenters. The van der Waals surface area contributed by atoms with Gasteiger partial charge < -0.3 is 5.32 Å². The highest BCUT2D eigenvalue weighted by Crippen LogP contribution is 2.30. The average Bonchev–Trinajstić information content (AvgIpc) is 2.83. The first kappa shape index (κ1) is 11.2. The fourth-order valence-electron chi connectivity index (χ4n) is 1.90. The first-order valence-electron chi connectivity index (χ1n) is 5.86. The van der Waals surface area contributed by atoms with Crippen molar-refractivity contribution in [3.63, 3.8) is 0 Å². The van der Waals surface area contributed by atoms with E-state index in [9.17, 15) is 0 Å². The molecule has 3 rings (SSSR count). The van der Waals surface area contributed by atoms with Crippen LogP contribution >= 0.6 is 11.5 Å². The van der Waals surface area contributed by atoms with Crippen LogP contribution in [0.3, 0.4) is 0 Å². The van der Waals surface area contributed by atoms with Crippen molar-refractivity contribution in [2.45, 2.75) is 13.0 Å². The van der Waals surface area contributed by atoms with E-state index in [1.807, 2.05) is 42.6 Å². The molecule has 3 aromatic rings. The zero-order valence-electron chi connectivity index (χ0n) is 10.00. The second-order valence-corrected chi connectivity index (χ2v) is 4.92. The smallest absolute Gasteiger partial charge is 0.117 e. The topological polar surface area (TPSA) is 37.8 Å². The van der Waals surface area contributed by atoms with Crippen molar-refractivity contribution in [3.05, 3.63) is 54.4 Å². The summed E-state index contributed by atoms with van der Waals surface area (Å²) in [6.45, 7) is 2.11. The van der Waals surface area contributed by atoms with Gasteiger partial charge in [0, 0.05) is 11.6 Å². The van der Waals surface area contributed by atoms with Crippen molar-refractivity contribution in [2.24, 2.45) is 0 Å². The minimum atomic E-state index is 0.176. The third-order valence-electron chi connectivity index (χ3n) is 2.86. The second kappa shape index (κ2) is 4.74. The molecule has 4 heteroatoms. The summed E-state index contributed by atoms with van der Waals surface area (Å²) in [7, 11) is 0. The quantitative estimate of drug-likeness (QED) is 0.772. The molecule has 3 nitrogen and oxygen atoms in total. The molecule has 1 N–H and O–H groups in total. The normalized spacial score (nSPS) is 12.5. The van der Waals surface area contributed by atoms with Crippen LogP contribution in [0.1, 0.15) is 18.7 Å². The van der Waals surface area contributed by atoms with Crippen molar-refractivity contribution >= 4 is 27.4 Å². The van der Waals surface area contributed by atoms with Crippen molar-refractivity contribution in [2.75, 3.05) is 5.32 Å². The number of pyridine rings is 1. The summed E-state index contributed by atoms with van der Waals surface area (Å²) in [6, 6.07) is 14.3. The zero-order chi connectivity index (χ0) is 12.4. The van der Waals surface area contributed by atoms with Crippen LogP contribution < -0.4 is 5.32 Å². The molecule has 0 amide bonds. The highest BCUT2D eigenvalue weighted by Gasteiger charge is 2.10. The Kier molecular flexibility index (Phi) is 2.94. The van der Waals surface area contributed by atoms with Gasteiger partial charge in [-0.15, -0.1) is 0 Å². The molecule has 0 spiro atoms. The van der Waals surface area contributed by atoms with Crippen LogP contribution in [0.2, 0.25) is 0 Å². The lowest BCUT2D eigenvalue weighted by molar-refractivity contribution is 0.844. The van der Waals surface area contributed by atoms with E-state index < -0.39 is 0 Å². The lowest BCUT2D eigenvalue weighted by Crippen LogP contribution is -2.07. The molecule has 18 heavy (non-hydrogen) atoms. The van der Waals surface area contributed by atoms with Gasteiger partial charge in [0.2, 0.25) is 0 Å². The summed E-state index contributed by atoms with van der Waals surface area (Å²) in [6.07, 6.45) is 1.82. The minimum absolute atomic E-state index is 0.176. The summed E-state index contributed by atoms with van der Waals surface area (Å²) in [5.74, 6) is 0. The Bertz CT molecular complexity index is 648. The van der Waals surface area contributed by atoms with Crippen LogP contribution in [-0.2, 0) is 0 Å². The molecular weight excluding hydrogens is 242 g/mol. The summed E-state index contributed by atoms with van der Waals surface area (Å²) in [4.78, 5) is 4.36. The van der Waals surface area contributed by atoms with Gasteiger partial charge in [0.05, 0.1) is 17.3 Å². The highest BCUT2D eigenvalue weighted by atomic mass is 32.1. The zero-order valence-corrected chi connectivity index (χ0v) is 10.8. The van der Waals surface area contributed by atoms with Gasteiger partial charge in [0.25, 0.3) is 0 Å². The summed E-state index contributed by atoms with van der Waals surface area (Å²) < 4.78 is 4.42. The Morgan fingerprint density at radius 1 is 1.11 bits per heavy atom. The van der Waals surface area contributed by atoms with Crippen LogP contribution in [-0.4, -0.2) is 9.36 Å². The molecule has 2 heterocycles. The fourth-order valence-corrected chi connectivity index (χ4v) is 2.75. The van der Waals surface area contributed by atoms with Gasteiger partial charge in [-0.05, 0) is 42.7 Å². The van der Waals surface area contributed by atoms with Gasteiger partial charge in [-0.25, -0.2) is 0 Å². The molecular formula is C14H13N3S. The second-order valence-electron chi connectivity index (χ2n) is 4.15. The molecule has 2 aromatic heterocycles. The molecule has 1 aromatic carbocycles. The van der Waals surface area contributed by atoms with E-state index in [2.05, 4.69) is 27.7 Å². The Morgan fingerprint density at radius 3 is 2.78 bits per heavy atom. The molecule has 90 valence electrons. The first-order chi connectivity index (χ1) is 8.84. The Hall–Kier alpha value is -1.94. The highest BCUT2D eigenvalue weighted by molar-refractivity contribution is 7.11. The number of hydrogen-bond acceptors (Lipinski definition) is 4. The first-order valence-corrected chi connectivity index (χ1v) is 6.64. The number of aromatic nitrogens is 2. The monoisotopic (exact) mass is 255 g/mol. The van der Waals surface area contributed by atoms with E-state index in [-0.39, 0.29) is 6.04 Å². The number of rotatable bonds is 3. The van der Waals surface area contributed by atoms with E-state index in [1.165, 1.54) is 16.9 Å². The van der Waals surface area contributed by atoms with E-state index in [0.717, 1.165) is 16.2 Å². The van der Waals surface area contributed by atoms with Crippen LogP contribution in [0.4, 0.5) is 5.00 Å². The van der Waals surface area contributed by atoms with E-state index in [4.69, 9.17) is 0 Å². The number of benzene rings is 1. The molecule has 0 radical (unpaired) electrons. The van der Waals surface area contributed by atoms with Gasteiger partial charge in [0.15, 0.2) is 0 Å². The number of hydrogen-bond donors (Lipinski definition) is 1. The summed E-state index contributed by atoms with van der Waals surface area (Å²) >= 11 is 1.50. The molecule has 0 saturated carbocycles. The lowest BCUT2D eigenvalue weighted by atomic mass is 10.2. The third-order valence-corrected chi connectivity index (χ3v) is 3.67. The maximum Gasteiger partial charge on any atom is 0.117 e. The number of nitrogens with zero attached hydrogens (tertiary/aromatic N) is 2. The summed E-state index contributed by atoms with van der Waals surface area (Å²) in [5, 5.41) is 5.75. The van der Waals surface area contributed by atoms with Crippen molar-refractivity contribution in [1.82, 2.24) is 9.36 Å². The molecule has 0 saturated heterocycles. The molecule has 0 aliphatic heterocycles. The predicted molar refractivity (Wildman–Crippen MR) is 75.9 cm³/mol. The van der Waals surface area contributed by atoms with Gasteiger partial charge in [-0.2, -0.15) is 4.37 Å². The number of fused-ring (bicyclic) bond motifs is 1. The van der Waals surface area contributed by atoms with E-state index in [0.29, 0.717) is 0 Å². The van der Waals surface area contributed by atoms with Crippen molar-refractivity contribution in [3.8, 4) is 0 Å². The Morgan fingerprint density at radius 2 is 1.94 bits per heavy atom. The predicted octanol–water partition coefficient (Wildman–Crippen LogP) is 3.86. The lowest BCUT2D eigenvalue weighted by Gasteiger charge is -2.12. The fraction of sp³-hybridized carbons (Fsp3) is 0.143. The van der Waals surface area contributed by atoms with Crippen molar-refractivity contribution < 1.29 is 0 Å². The summed E-state index contributed by atoms with van der Waals surface area (Å²) in [5.41, 5.74) is 2.08. The van der Waals surface area contributed by atoms with Crippen LogP contribution in [0.15, 0.2) is 48.7 Å². The third kappa shape index (κ3) is 2.07. The molecule has 0 bridgehead atoms. The largest absolute Gasteiger partial charge is 0.367 e. The standard InChI is InChI=1S/C14H13N3S/c1-10(12-7-4-5-9-15-12)16-14-11-6-2-3-8-13(11)17-18-14/h2-10,16H,1H3. The van der Waals surface area contributed by atoms with E-state index >= 15 is 0 Å². The van der Waals surface area contributed by atoms with Gasteiger partial charge in [0.1, 0.15) is 5.00 Å². The van der Waals surface area contributed by atoms with Crippen LogP contribution in [0.25, 0.3) is 10.9 Å². The van der Waals surface area contributed by atoms with Crippen LogP contribution in [0, 0.1) is 0 Å². The van der Waals surface area contributed by atoms with Gasteiger partial charge in [-0.3, -0.25) is 4.98 Å². The average molecular weight is 255 g/mol. The maximum atomic E-state index is 4.42. The molecule has 0 aliphatic carbocycles. The van der Waals surface area contributed by atoms with Gasteiger partial charge >= 0.3 is 0 Å². The molecule has 0 fully saturated rings. The Labute approximate surface area is 110 Å². The van der Waals surface area contributed by atoms with Crippen LogP contribution in [0.5, 0.6) is 0 Å². The Balaban J connectivity index is 1.89.